The molecule has 0 radical (unpaired) electrons. The summed E-state index contributed by atoms with van der Waals surface area (Å²) in [5.74, 6) is -0.241. The molecule has 0 aromatic heterocycles. The molecule has 1 heterocycles. The Labute approximate surface area is 107 Å². The minimum absolute atomic E-state index is 0.0724. The van der Waals surface area contributed by atoms with Gasteiger partial charge in [0.25, 0.3) is 11.8 Å². The van der Waals surface area contributed by atoms with Crippen LogP contribution in [0.3, 0.4) is 0 Å². The van der Waals surface area contributed by atoms with Crippen molar-refractivity contribution in [3.63, 3.8) is 0 Å². The highest BCUT2D eigenvalue weighted by Gasteiger charge is 2.41. The number of rotatable bonds is 3. The first-order valence-corrected chi connectivity index (χ1v) is 6.25. The van der Waals surface area contributed by atoms with E-state index in [0.29, 0.717) is 16.8 Å². The van der Waals surface area contributed by atoms with Gasteiger partial charge in [0.15, 0.2) is 0 Å². The first-order chi connectivity index (χ1) is 8.49. The average molecular weight is 246 g/mol. The van der Waals surface area contributed by atoms with E-state index in [4.69, 9.17) is 5.73 Å². The summed E-state index contributed by atoms with van der Waals surface area (Å²) >= 11 is 0. The van der Waals surface area contributed by atoms with Crippen LogP contribution in [0, 0.1) is 5.92 Å². The topological polar surface area (TPSA) is 63.4 Å². The van der Waals surface area contributed by atoms with Crippen molar-refractivity contribution in [3.8, 4) is 0 Å². The summed E-state index contributed by atoms with van der Waals surface area (Å²) in [6.07, 6.45) is 0.753. The third-order valence-corrected chi connectivity index (χ3v) is 3.50. The first kappa shape index (κ1) is 12.6. The third-order valence-electron chi connectivity index (χ3n) is 3.50. The van der Waals surface area contributed by atoms with E-state index in [2.05, 4.69) is 0 Å². The fourth-order valence-electron chi connectivity index (χ4n) is 2.58. The molecule has 0 saturated carbocycles. The molecule has 1 atom stereocenters. The largest absolute Gasteiger partial charge is 0.398 e. The van der Waals surface area contributed by atoms with Crippen LogP contribution in [0.2, 0.25) is 0 Å². The summed E-state index contributed by atoms with van der Waals surface area (Å²) in [5.41, 5.74) is 6.98. The molecule has 2 rings (SSSR count). The molecule has 1 unspecified atom stereocenters. The molecule has 2 amide bonds. The number of amides is 2. The molecule has 2 N–H and O–H groups in total. The normalized spacial score (nSPS) is 16.3. The van der Waals surface area contributed by atoms with Crippen molar-refractivity contribution in [1.82, 2.24) is 4.90 Å². The summed E-state index contributed by atoms with van der Waals surface area (Å²) in [4.78, 5) is 26.0. The Hall–Kier alpha value is -1.84. The Bertz CT molecular complexity index is 509. The molecule has 1 aromatic carbocycles. The van der Waals surface area contributed by atoms with Gasteiger partial charge in [0.1, 0.15) is 0 Å². The summed E-state index contributed by atoms with van der Waals surface area (Å²) < 4.78 is 0. The number of anilines is 1. The Kier molecular flexibility index (Phi) is 3.11. The lowest BCUT2D eigenvalue weighted by Crippen LogP contribution is -2.42. The van der Waals surface area contributed by atoms with Crippen molar-refractivity contribution < 1.29 is 9.59 Å². The Balaban J connectivity index is 2.49. The van der Waals surface area contributed by atoms with Gasteiger partial charge in [-0.05, 0) is 24.5 Å². The lowest BCUT2D eigenvalue weighted by Gasteiger charge is -2.28. The number of nitrogen functional groups attached to an aromatic ring is 1. The smallest absolute Gasteiger partial charge is 0.263 e. The van der Waals surface area contributed by atoms with E-state index in [-0.39, 0.29) is 23.8 Å². The Morgan fingerprint density at radius 3 is 2.39 bits per heavy atom. The van der Waals surface area contributed by atoms with Gasteiger partial charge < -0.3 is 5.73 Å². The first-order valence-electron chi connectivity index (χ1n) is 6.25. The number of carbonyl (C=O) groups excluding carboxylic acids is 2. The van der Waals surface area contributed by atoms with E-state index < -0.39 is 0 Å². The van der Waals surface area contributed by atoms with E-state index in [9.17, 15) is 9.59 Å². The maximum absolute atomic E-state index is 12.4. The van der Waals surface area contributed by atoms with Crippen LogP contribution in [0.4, 0.5) is 5.69 Å². The van der Waals surface area contributed by atoms with Crippen LogP contribution in [0.5, 0.6) is 0 Å². The number of nitrogens with two attached hydrogens (primary N) is 1. The van der Waals surface area contributed by atoms with Gasteiger partial charge in [-0.1, -0.05) is 26.8 Å². The van der Waals surface area contributed by atoms with E-state index in [1.807, 2.05) is 20.8 Å². The van der Waals surface area contributed by atoms with Gasteiger partial charge in [-0.2, -0.15) is 0 Å². The molecule has 1 aromatic rings. The summed E-state index contributed by atoms with van der Waals surface area (Å²) in [7, 11) is 0. The zero-order chi connectivity index (χ0) is 13.4. The van der Waals surface area contributed by atoms with E-state index in [1.165, 1.54) is 4.90 Å². The second kappa shape index (κ2) is 4.44. The minimum Gasteiger partial charge on any atom is -0.398 e. The van der Waals surface area contributed by atoms with E-state index >= 15 is 0 Å². The van der Waals surface area contributed by atoms with Gasteiger partial charge in [-0.25, -0.2) is 0 Å². The average Bonchev–Trinajstić information content (AvgIpc) is 2.56. The van der Waals surface area contributed by atoms with Gasteiger partial charge in [0.2, 0.25) is 0 Å². The van der Waals surface area contributed by atoms with Crippen LogP contribution >= 0.6 is 0 Å². The van der Waals surface area contributed by atoms with Crippen molar-refractivity contribution in [2.75, 3.05) is 5.73 Å². The number of carbonyl (C=O) groups is 2. The molecule has 0 aliphatic carbocycles. The molecule has 18 heavy (non-hydrogen) atoms. The molecule has 0 fully saturated rings. The number of fused-ring (bicyclic) bond motifs is 1. The fraction of sp³-hybridized carbons (Fsp3) is 0.429. The van der Waals surface area contributed by atoms with E-state index in [0.717, 1.165) is 6.42 Å². The number of hydrogen-bond donors (Lipinski definition) is 1. The highest BCUT2D eigenvalue weighted by atomic mass is 16.2. The summed E-state index contributed by atoms with van der Waals surface area (Å²) in [6.45, 7) is 6.01. The SMILES string of the molecule is CCC(C(C)C)N1C(=O)c2cccc(N)c2C1=O. The molecule has 1 aliphatic heterocycles. The Morgan fingerprint density at radius 2 is 1.89 bits per heavy atom. The van der Waals surface area contributed by atoms with Gasteiger partial charge in [-0.3, -0.25) is 14.5 Å². The zero-order valence-electron chi connectivity index (χ0n) is 10.9. The second-order valence-electron chi connectivity index (χ2n) is 4.97. The predicted molar refractivity (Wildman–Crippen MR) is 70.3 cm³/mol. The molecule has 0 bridgehead atoms. The van der Waals surface area contributed by atoms with Crippen molar-refractivity contribution in [2.45, 2.75) is 33.2 Å². The molecule has 0 spiro atoms. The lowest BCUT2D eigenvalue weighted by atomic mass is 10.00. The van der Waals surface area contributed by atoms with Gasteiger partial charge in [0.05, 0.1) is 11.1 Å². The highest BCUT2D eigenvalue weighted by molar-refractivity contribution is 6.23. The van der Waals surface area contributed by atoms with Crippen LogP contribution in [-0.2, 0) is 0 Å². The van der Waals surface area contributed by atoms with Gasteiger partial charge in [-0.15, -0.1) is 0 Å². The van der Waals surface area contributed by atoms with Crippen molar-refractivity contribution in [1.29, 1.82) is 0 Å². The van der Waals surface area contributed by atoms with Crippen LogP contribution < -0.4 is 5.73 Å². The number of benzene rings is 1. The minimum atomic E-state index is -0.256. The lowest BCUT2D eigenvalue weighted by molar-refractivity contribution is 0.0536. The van der Waals surface area contributed by atoms with Crippen LogP contribution in [0.1, 0.15) is 47.9 Å². The van der Waals surface area contributed by atoms with Crippen molar-refractivity contribution in [3.05, 3.63) is 29.3 Å². The van der Waals surface area contributed by atoms with Crippen LogP contribution in [-0.4, -0.2) is 22.8 Å². The Morgan fingerprint density at radius 1 is 1.22 bits per heavy atom. The quantitative estimate of drug-likeness (QED) is 0.657. The zero-order valence-corrected chi connectivity index (χ0v) is 10.9. The van der Waals surface area contributed by atoms with Crippen LogP contribution in [0.15, 0.2) is 18.2 Å². The second-order valence-corrected chi connectivity index (χ2v) is 4.97. The third kappa shape index (κ3) is 1.68. The van der Waals surface area contributed by atoms with Crippen LogP contribution in [0.25, 0.3) is 0 Å². The highest BCUT2D eigenvalue weighted by Crippen LogP contribution is 2.31. The number of nitrogens with zero attached hydrogens (tertiary/aromatic N) is 1. The molecule has 96 valence electrons. The number of hydrogen-bond acceptors (Lipinski definition) is 3. The number of imide groups is 1. The standard InChI is InChI=1S/C14H18N2O2/c1-4-11(8(2)3)16-13(17)9-6-5-7-10(15)12(9)14(16)18/h5-8,11H,4,15H2,1-3H3. The molecular formula is C14H18N2O2. The van der Waals surface area contributed by atoms with Crippen molar-refractivity contribution in [2.24, 2.45) is 5.92 Å². The monoisotopic (exact) mass is 246 g/mol. The molecule has 4 heteroatoms. The predicted octanol–water partition coefficient (Wildman–Crippen LogP) is 2.30. The molecular weight excluding hydrogens is 228 g/mol. The maximum atomic E-state index is 12.4. The molecule has 0 saturated heterocycles. The maximum Gasteiger partial charge on any atom is 0.263 e. The summed E-state index contributed by atoms with van der Waals surface area (Å²) in [5, 5.41) is 0. The van der Waals surface area contributed by atoms with E-state index in [1.54, 1.807) is 18.2 Å². The molecule has 1 aliphatic rings. The van der Waals surface area contributed by atoms with Gasteiger partial charge >= 0.3 is 0 Å². The molecule has 4 nitrogen and oxygen atoms in total. The summed E-state index contributed by atoms with van der Waals surface area (Å²) in [6, 6.07) is 4.96. The van der Waals surface area contributed by atoms with Gasteiger partial charge in [0, 0.05) is 11.7 Å². The fourth-order valence-corrected chi connectivity index (χ4v) is 2.58. The van der Waals surface area contributed by atoms with Crippen molar-refractivity contribution >= 4 is 17.5 Å².